The molecule has 7 heteroatoms. The van der Waals surface area contributed by atoms with E-state index in [9.17, 15) is 13.2 Å². The van der Waals surface area contributed by atoms with Gasteiger partial charge in [0.25, 0.3) is 0 Å². The number of hydrogen-bond acceptors (Lipinski definition) is 4. The van der Waals surface area contributed by atoms with Crippen molar-refractivity contribution >= 4 is 27.3 Å². The van der Waals surface area contributed by atoms with Gasteiger partial charge in [-0.15, -0.1) is 11.3 Å². The average molecular weight is 377 g/mol. The molecule has 0 aliphatic rings. The molecular formula is C18H19NO4S2. The fourth-order valence-electron chi connectivity index (χ4n) is 2.06. The van der Waals surface area contributed by atoms with Gasteiger partial charge in [-0.25, -0.2) is 8.42 Å². The highest BCUT2D eigenvalue weighted by molar-refractivity contribution is 7.89. The Hall–Kier alpha value is -2.14. The van der Waals surface area contributed by atoms with Gasteiger partial charge in [0, 0.05) is 10.4 Å². The van der Waals surface area contributed by atoms with Crippen LogP contribution in [0, 0.1) is 24.7 Å². The maximum Gasteiger partial charge on any atom is 0.322 e. The topological polar surface area (TPSA) is 83.5 Å². The van der Waals surface area contributed by atoms with Crippen LogP contribution in [0.15, 0.2) is 41.3 Å². The van der Waals surface area contributed by atoms with E-state index in [0.717, 1.165) is 4.88 Å². The summed E-state index contributed by atoms with van der Waals surface area (Å²) in [5.74, 6) is 4.44. The van der Waals surface area contributed by atoms with Crippen LogP contribution in [0.5, 0.6) is 0 Å². The molecule has 0 bridgehead atoms. The van der Waals surface area contributed by atoms with Crippen LogP contribution in [0.3, 0.4) is 0 Å². The molecule has 0 spiro atoms. The number of sulfonamides is 1. The minimum absolute atomic E-state index is 0.0110. The molecule has 1 atom stereocenters. The number of carboxylic acids is 1. The molecular weight excluding hydrogens is 358 g/mol. The highest BCUT2D eigenvalue weighted by Crippen LogP contribution is 2.15. The fourth-order valence-corrected chi connectivity index (χ4v) is 4.12. The van der Waals surface area contributed by atoms with Crippen LogP contribution in [0.1, 0.15) is 29.2 Å². The lowest BCUT2D eigenvalue weighted by Gasteiger charge is -2.17. The summed E-state index contributed by atoms with van der Waals surface area (Å²) in [6.45, 7) is 5.29. The van der Waals surface area contributed by atoms with E-state index in [1.165, 1.54) is 17.0 Å². The Morgan fingerprint density at radius 1 is 1.12 bits per heavy atom. The summed E-state index contributed by atoms with van der Waals surface area (Å²) in [7, 11) is -3.91. The number of rotatable bonds is 5. The molecule has 0 radical (unpaired) electrons. The zero-order valence-electron chi connectivity index (χ0n) is 14.1. The monoisotopic (exact) mass is 377 g/mol. The van der Waals surface area contributed by atoms with Crippen molar-refractivity contribution in [3.05, 3.63) is 51.7 Å². The van der Waals surface area contributed by atoms with Gasteiger partial charge in [-0.1, -0.05) is 25.7 Å². The molecule has 0 aliphatic heterocycles. The van der Waals surface area contributed by atoms with E-state index < -0.39 is 22.0 Å². The molecule has 0 saturated carbocycles. The van der Waals surface area contributed by atoms with E-state index in [0.29, 0.717) is 5.56 Å². The Balaban J connectivity index is 2.18. The maximum absolute atomic E-state index is 12.3. The predicted octanol–water partition coefficient (Wildman–Crippen LogP) is 2.84. The molecule has 1 heterocycles. The van der Waals surface area contributed by atoms with Crippen LogP contribution in [-0.2, 0) is 14.8 Å². The molecule has 2 rings (SSSR count). The van der Waals surface area contributed by atoms with Crippen LogP contribution < -0.4 is 4.72 Å². The van der Waals surface area contributed by atoms with Crippen LogP contribution in [0.4, 0.5) is 0 Å². The Morgan fingerprint density at radius 2 is 1.76 bits per heavy atom. The van der Waals surface area contributed by atoms with Gasteiger partial charge in [0.2, 0.25) is 10.0 Å². The first-order chi connectivity index (χ1) is 11.7. The van der Waals surface area contributed by atoms with Gasteiger partial charge < -0.3 is 5.11 Å². The number of carboxylic acid groups (broad SMARTS) is 1. The first-order valence-corrected chi connectivity index (χ1v) is 9.92. The van der Waals surface area contributed by atoms with E-state index in [4.69, 9.17) is 5.11 Å². The molecule has 0 unspecified atom stereocenters. The fraction of sp³-hybridized carbons (Fsp3) is 0.278. The quantitative estimate of drug-likeness (QED) is 0.785. The SMILES string of the molecule is Cc1ccc(C#Cc2ccc(S(=O)(=O)N[C@H](C(=O)O)C(C)C)cc2)s1. The van der Waals surface area contributed by atoms with Gasteiger partial charge >= 0.3 is 5.97 Å². The molecule has 132 valence electrons. The Morgan fingerprint density at radius 3 is 2.24 bits per heavy atom. The molecule has 0 amide bonds. The van der Waals surface area contributed by atoms with Crippen molar-refractivity contribution in [1.82, 2.24) is 4.72 Å². The van der Waals surface area contributed by atoms with E-state index in [1.807, 2.05) is 19.1 Å². The summed E-state index contributed by atoms with van der Waals surface area (Å²) in [6, 6.07) is 8.81. The number of nitrogens with one attached hydrogen (secondary N) is 1. The lowest BCUT2D eigenvalue weighted by Crippen LogP contribution is -2.44. The van der Waals surface area contributed by atoms with Crippen molar-refractivity contribution < 1.29 is 18.3 Å². The number of thiophene rings is 1. The predicted molar refractivity (Wildman–Crippen MR) is 98.1 cm³/mol. The minimum Gasteiger partial charge on any atom is -0.480 e. The molecule has 25 heavy (non-hydrogen) atoms. The average Bonchev–Trinajstić information content (AvgIpc) is 2.96. The smallest absolute Gasteiger partial charge is 0.322 e. The van der Waals surface area contributed by atoms with Gasteiger partial charge in [0.1, 0.15) is 6.04 Å². The molecule has 0 fully saturated rings. The zero-order valence-corrected chi connectivity index (χ0v) is 15.7. The van der Waals surface area contributed by atoms with E-state index in [2.05, 4.69) is 16.6 Å². The molecule has 1 aromatic heterocycles. The number of hydrogen-bond donors (Lipinski definition) is 2. The Kier molecular flexibility index (Phi) is 6.01. The second-order valence-corrected chi connectivity index (χ2v) is 8.87. The van der Waals surface area contributed by atoms with Crippen LogP contribution in [0.2, 0.25) is 0 Å². The second-order valence-electron chi connectivity index (χ2n) is 5.87. The molecule has 0 saturated heterocycles. The first-order valence-electron chi connectivity index (χ1n) is 7.62. The van der Waals surface area contributed by atoms with E-state index in [1.54, 1.807) is 37.3 Å². The van der Waals surface area contributed by atoms with Crippen LogP contribution in [-0.4, -0.2) is 25.5 Å². The molecule has 0 aliphatic carbocycles. The Labute approximate surface area is 151 Å². The highest BCUT2D eigenvalue weighted by Gasteiger charge is 2.27. The van der Waals surface area contributed by atoms with Crippen molar-refractivity contribution in [1.29, 1.82) is 0 Å². The third kappa shape index (κ3) is 5.16. The lowest BCUT2D eigenvalue weighted by molar-refractivity contribution is -0.140. The molecule has 1 aromatic carbocycles. The van der Waals surface area contributed by atoms with Gasteiger partial charge in [-0.05, 0) is 49.2 Å². The first kappa shape index (κ1) is 19.2. The lowest BCUT2D eigenvalue weighted by atomic mass is 10.1. The Bertz CT molecular complexity index is 916. The standard InChI is InChI=1S/C18H19NO4S2/c1-12(2)17(18(20)21)19-25(22,23)16-10-6-14(7-11-16)5-9-15-8-4-13(3)24-15/h4,6-8,10-12,17,19H,1-3H3,(H,20,21)/t17-/m0/s1. The summed E-state index contributed by atoms with van der Waals surface area (Å²) in [6.07, 6.45) is 0. The normalized spacial score (nSPS) is 12.5. The third-order valence-electron chi connectivity index (χ3n) is 3.45. The minimum atomic E-state index is -3.91. The van der Waals surface area contributed by atoms with E-state index >= 15 is 0 Å². The van der Waals surface area contributed by atoms with E-state index in [-0.39, 0.29) is 10.8 Å². The maximum atomic E-state index is 12.3. The number of aryl methyl sites for hydroxylation is 1. The molecule has 5 nitrogen and oxygen atoms in total. The summed E-state index contributed by atoms with van der Waals surface area (Å²) >= 11 is 1.59. The van der Waals surface area contributed by atoms with Crippen molar-refractivity contribution in [3.63, 3.8) is 0 Å². The number of aliphatic carboxylic acids is 1. The zero-order chi connectivity index (χ0) is 18.6. The van der Waals surface area contributed by atoms with Crippen LogP contribution in [0.25, 0.3) is 0 Å². The summed E-state index contributed by atoms with van der Waals surface area (Å²) in [5, 5.41) is 9.13. The summed E-state index contributed by atoms with van der Waals surface area (Å²) in [5.41, 5.74) is 0.684. The van der Waals surface area contributed by atoms with Crippen molar-refractivity contribution in [2.24, 2.45) is 5.92 Å². The van der Waals surface area contributed by atoms with Crippen molar-refractivity contribution in [2.45, 2.75) is 31.7 Å². The molecule has 2 N–H and O–H groups in total. The van der Waals surface area contributed by atoms with Gasteiger partial charge in [0.05, 0.1) is 9.77 Å². The number of carbonyl (C=O) groups is 1. The summed E-state index contributed by atoms with van der Waals surface area (Å²) < 4.78 is 26.9. The second kappa shape index (κ2) is 7.83. The van der Waals surface area contributed by atoms with Crippen LogP contribution >= 0.6 is 11.3 Å². The summed E-state index contributed by atoms with van der Waals surface area (Å²) in [4.78, 5) is 13.3. The largest absolute Gasteiger partial charge is 0.480 e. The molecule has 2 aromatic rings. The van der Waals surface area contributed by atoms with Crippen molar-refractivity contribution in [3.8, 4) is 11.8 Å². The van der Waals surface area contributed by atoms with Gasteiger partial charge in [-0.3, -0.25) is 4.79 Å². The van der Waals surface area contributed by atoms with Gasteiger partial charge in [-0.2, -0.15) is 4.72 Å². The highest BCUT2D eigenvalue weighted by atomic mass is 32.2. The number of benzene rings is 1. The van der Waals surface area contributed by atoms with Crippen molar-refractivity contribution in [2.75, 3.05) is 0 Å². The third-order valence-corrected chi connectivity index (χ3v) is 5.82. The van der Waals surface area contributed by atoms with Gasteiger partial charge in [0.15, 0.2) is 0 Å².